The van der Waals surface area contributed by atoms with Crippen LogP contribution < -0.4 is 4.90 Å². The summed E-state index contributed by atoms with van der Waals surface area (Å²) in [5.74, 6) is 0.594. The van der Waals surface area contributed by atoms with Gasteiger partial charge in [-0.3, -0.25) is 0 Å². The predicted molar refractivity (Wildman–Crippen MR) is 108 cm³/mol. The molecule has 160 valence electrons. The maximum Gasteiger partial charge on any atom is 0.419 e. The highest BCUT2D eigenvalue weighted by atomic mass is 32.1. The lowest BCUT2D eigenvalue weighted by Gasteiger charge is -2.42. The molecule has 1 aromatic carbocycles. The summed E-state index contributed by atoms with van der Waals surface area (Å²) in [5, 5.41) is 19.1. The molecule has 10 heteroatoms. The van der Waals surface area contributed by atoms with Crippen molar-refractivity contribution in [1.29, 1.82) is 0 Å². The van der Waals surface area contributed by atoms with Crippen molar-refractivity contribution in [2.45, 2.75) is 25.1 Å². The highest BCUT2D eigenvalue weighted by Crippen LogP contribution is 2.40. The Hall–Kier alpha value is -2.17. The number of thiophene rings is 1. The van der Waals surface area contributed by atoms with Crippen molar-refractivity contribution in [3.63, 3.8) is 0 Å². The Balaban J connectivity index is 1.38. The first-order chi connectivity index (χ1) is 14.4. The summed E-state index contributed by atoms with van der Waals surface area (Å²) in [7, 11) is 0. The monoisotopic (exact) mass is 438 g/mol. The zero-order valence-electron chi connectivity index (χ0n) is 16.1. The van der Waals surface area contributed by atoms with Crippen LogP contribution in [0.4, 0.5) is 18.9 Å². The van der Waals surface area contributed by atoms with E-state index in [2.05, 4.69) is 20.1 Å². The topological polar surface area (TPSA) is 65.6 Å². The average molecular weight is 438 g/mol. The van der Waals surface area contributed by atoms with E-state index in [1.165, 1.54) is 32.0 Å². The summed E-state index contributed by atoms with van der Waals surface area (Å²) in [6.07, 6.45) is -4.62. The highest BCUT2D eigenvalue weighted by molar-refractivity contribution is 7.10. The molecule has 2 aliphatic rings. The number of hydrogen-bond donors (Lipinski definition) is 1. The van der Waals surface area contributed by atoms with Gasteiger partial charge in [-0.25, -0.2) is 4.63 Å². The van der Waals surface area contributed by atoms with E-state index in [1.807, 2.05) is 6.07 Å². The molecule has 2 aromatic heterocycles. The number of halogens is 3. The van der Waals surface area contributed by atoms with Crippen LogP contribution in [0, 0.1) is 5.92 Å². The molecular weight excluding hydrogens is 417 g/mol. The van der Waals surface area contributed by atoms with E-state index >= 15 is 0 Å². The summed E-state index contributed by atoms with van der Waals surface area (Å²) < 4.78 is 43.4. The van der Waals surface area contributed by atoms with Gasteiger partial charge in [0, 0.05) is 30.4 Å². The van der Waals surface area contributed by atoms with Crippen molar-refractivity contribution in [3.8, 4) is 11.1 Å². The lowest BCUT2D eigenvalue weighted by Crippen LogP contribution is -2.51. The van der Waals surface area contributed by atoms with Crippen molar-refractivity contribution in [1.82, 2.24) is 15.2 Å². The van der Waals surface area contributed by atoms with Crippen molar-refractivity contribution >= 4 is 28.1 Å². The highest BCUT2D eigenvalue weighted by Gasteiger charge is 2.40. The molecule has 6 nitrogen and oxygen atoms in total. The molecule has 30 heavy (non-hydrogen) atoms. The Kier molecular flexibility index (Phi) is 4.95. The van der Waals surface area contributed by atoms with E-state index < -0.39 is 12.3 Å². The Morgan fingerprint density at radius 1 is 1.13 bits per heavy atom. The van der Waals surface area contributed by atoms with Crippen LogP contribution in [-0.4, -0.2) is 59.2 Å². The molecule has 2 fully saturated rings. The molecule has 4 heterocycles. The largest absolute Gasteiger partial charge is 0.419 e. The minimum atomic E-state index is -4.69. The third-order valence-electron chi connectivity index (χ3n) is 5.89. The summed E-state index contributed by atoms with van der Waals surface area (Å²) in [6, 6.07) is 5.06. The van der Waals surface area contributed by atoms with Gasteiger partial charge in [-0.1, -0.05) is 0 Å². The second-order valence-corrected chi connectivity index (χ2v) is 9.03. The van der Waals surface area contributed by atoms with Crippen LogP contribution >= 0.6 is 11.3 Å². The van der Waals surface area contributed by atoms with Crippen molar-refractivity contribution in [2.24, 2.45) is 5.92 Å². The molecule has 2 aliphatic heterocycles. The number of likely N-dealkylation sites (tertiary alicyclic amines) is 1. The number of anilines is 1. The van der Waals surface area contributed by atoms with Gasteiger partial charge < -0.3 is 14.9 Å². The number of aromatic nitrogens is 2. The van der Waals surface area contributed by atoms with Gasteiger partial charge in [0.2, 0.25) is 0 Å². The number of hydrogen-bond acceptors (Lipinski definition) is 7. The second kappa shape index (κ2) is 7.51. The van der Waals surface area contributed by atoms with E-state index in [-0.39, 0.29) is 4.88 Å². The lowest BCUT2D eigenvalue weighted by atomic mass is 9.97. The standard InChI is InChI=1S/C20H21F3N4O2S/c21-20(22,23)19(28)17-7-14(11-30-17)13-5-15-18(25-29-24-15)16(6-13)27-9-12(10-27)8-26-3-1-2-4-26/h5-7,11-12,19,28H,1-4,8-10H2. The van der Waals surface area contributed by atoms with Crippen LogP contribution in [0.15, 0.2) is 28.2 Å². The van der Waals surface area contributed by atoms with Gasteiger partial charge in [0.25, 0.3) is 0 Å². The van der Waals surface area contributed by atoms with Crippen LogP contribution in [0.5, 0.6) is 0 Å². The summed E-state index contributed by atoms with van der Waals surface area (Å²) in [4.78, 5) is 4.59. The first-order valence-corrected chi connectivity index (χ1v) is 10.8. The minimum Gasteiger partial charge on any atom is -0.379 e. The summed E-state index contributed by atoms with van der Waals surface area (Å²) >= 11 is 0.890. The maximum atomic E-state index is 12.8. The van der Waals surface area contributed by atoms with Gasteiger partial charge in [-0.15, -0.1) is 11.3 Å². The van der Waals surface area contributed by atoms with Gasteiger partial charge in [0.15, 0.2) is 11.6 Å². The summed E-state index contributed by atoms with van der Waals surface area (Å²) in [5.41, 5.74) is 3.44. The lowest BCUT2D eigenvalue weighted by molar-refractivity contribution is -0.205. The zero-order valence-corrected chi connectivity index (χ0v) is 16.9. The molecule has 1 unspecified atom stereocenters. The van der Waals surface area contributed by atoms with Crippen molar-refractivity contribution < 1.29 is 22.9 Å². The van der Waals surface area contributed by atoms with Gasteiger partial charge >= 0.3 is 6.18 Å². The Morgan fingerprint density at radius 3 is 2.63 bits per heavy atom. The van der Waals surface area contributed by atoms with Crippen LogP contribution in [0.3, 0.4) is 0 Å². The third-order valence-corrected chi connectivity index (χ3v) is 6.87. The fourth-order valence-corrected chi connectivity index (χ4v) is 5.23. The average Bonchev–Trinajstić information content (AvgIpc) is 3.43. The Bertz CT molecular complexity index is 1040. The molecule has 1 N–H and O–H groups in total. The van der Waals surface area contributed by atoms with E-state index in [1.54, 1.807) is 11.4 Å². The zero-order chi connectivity index (χ0) is 20.9. The third kappa shape index (κ3) is 3.67. The molecule has 5 rings (SSSR count). The SMILES string of the molecule is OC(c1cc(-c2cc(N3CC(CN4CCCC4)C3)c3nonc3c2)cs1)C(F)(F)F. The minimum absolute atomic E-state index is 0.132. The van der Waals surface area contributed by atoms with Gasteiger partial charge in [0.1, 0.15) is 5.52 Å². The smallest absolute Gasteiger partial charge is 0.379 e. The quantitative estimate of drug-likeness (QED) is 0.648. The number of aliphatic hydroxyl groups is 1. The van der Waals surface area contributed by atoms with Gasteiger partial charge in [-0.2, -0.15) is 13.2 Å². The number of benzene rings is 1. The number of fused-ring (bicyclic) bond motifs is 1. The normalized spacial score (nSPS) is 19.5. The number of aliphatic hydroxyl groups excluding tert-OH is 1. The number of rotatable bonds is 5. The number of alkyl halides is 3. The predicted octanol–water partition coefficient (Wildman–Crippen LogP) is 4.08. The Morgan fingerprint density at radius 2 is 1.90 bits per heavy atom. The molecule has 1 atom stereocenters. The van der Waals surface area contributed by atoms with Gasteiger partial charge in [0.05, 0.1) is 5.69 Å². The fourth-order valence-electron chi connectivity index (χ4n) is 4.30. The van der Waals surface area contributed by atoms with Crippen LogP contribution in [0.25, 0.3) is 22.2 Å². The molecular formula is C20H21F3N4O2S. The van der Waals surface area contributed by atoms with Crippen molar-refractivity contribution in [3.05, 3.63) is 28.5 Å². The maximum absolute atomic E-state index is 12.8. The first-order valence-electron chi connectivity index (χ1n) is 9.95. The summed E-state index contributed by atoms with van der Waals surface area (Å²) in [6.45, 7) is 5.26. The molecule has 3 aromatic rings. The van der Waals surface area contributed by atoms with E-state index in [4.69, 9.17) is 4.63 Å². The fraction of sp³-hybridized carbons (Fsp3) is 0.500. The molecule has 0 saturated carbocycles. The van der Waals surface area contributed by atoms with E-state index in [9.17, 15) is 18.3 Å². The van der Waals surface area contributed by atoms with E-state index in [0.29, 0.717) is 22.5 Å². The molecule has 0 spiro atoms. The Labute approximate surface area is 174 Å². The van der Waals surface area contributed by atoms with Crippen LogP contribution in [0.1, 0.15) is 23.8 Å². The van der Waals surface area contributed by atoms with Crippen molar-refractivity contribution in [2.75, 3.05) is 37.6 Å². The van der Waals surface area contributed by atoms with Crippen LogP contribution in [0.2, 0.25) is 0 Å². The first kappa shape index (κ1) is 19.8. The van der Waals surface area contributed by atoms with Gasteiger partial charge in [-0.05, 0) is 71.0 Å². The molecule has 0 amide bonds. The number of nitrogens with zero attached hydrogens (tertiary/aromatic N) is 4. The molecule has 0 aliphatic carbocycles. The molecule has 0 bridgehead atoms. The van der Waals surface area contributed by atoms with E-state index in [0.717, 1.165) is 42.2 Å². The second-order valence-electron chi connectivity index (χ2n) is 8.09. The molecule has 0 radical (unpaired) electrons. The van der Waals surface area contributed by atoms with Crippen LogP contribution in [-0.2, 0) is 0 Å². The molecule has 2 saturated heterocycles.